The van der Waals surface area contributed by atoms with Crippen molar-refractivity contribution in [2.75, 3.05) is 0 Å². The van der Waals surface area contributed by atoms with E-state index < -0.39 is 11.7 Å². The number of aliphatic imine (C=N–C) groups is 1. The Hall–Kier alpha value is -2.00. The minimum atomic E-state index is -4.60. The fourth-order valence-electron chi connectivity index (χ4n) is 2.59. The lowest BCUT2D eigenvalue weighted by molar-refractivity contribution is -0.137. The van der Waals surface area contributed by atoms with Gasteiger partial charge in [-0.2, -0.15) is 13.2 Å². The molecule has 0 aliphatic rings. The highest BCUT2D eigenvalue weighted by Gasteiger charge is 2.31. The van der Waals surface area contributed by atoms with Crippen molar-refractivity contribution in [3.8, 4) is 0 Å². The highest BCUT2D eigenvalue weighted by Crippen LogP contribution is 2.33. The summed E-state index contributed by atoms with van der Waals surface area (Å²) in [4.78, 5) is 13.5. The maximum absolute atomic E-state index is 13.0. The van der Waals surface area contributed by atoms with Gasteiger partial charge in [-0.05, 0) is 36.4 Å². The van der Waals surface area contributed by atoms with E-state index in [1.807, 2.05) is 0 Å². The summed E-state index contributed by atoms with van der Waals surface area (Å²) in [6, 6.07) is 10.4. The van der Waals surface area contributed by atoms with Crippen LogP contribution in [0, 0.1) is 0 Å². The molecule has 34 heavy (non-hydrogen) atoms. The second-order valence-electron chi connectivity index (χ2n) is 6.61. The van der Waals surface area contributed by atoms with Crippen LogP contribution >= 0.6 is 58.0 Å². The van der Waals surface area contributed by atoms with Crippen LogP contribution in [0.4, 0.5) is 18.9 Å². The lowest BCUT2D eigenvalue weighted by Crippen LogP contribution is -2.10. The number of pyridine rings is 1. The van der Waals surface area contributed by atoms with Crippen LogP contribution in [-0.2, 0) is 17.6 Å². The van der Waals surface area contributed by atoms with Gasteiger partial charge in [0.2, 0.25) is 0 Å². The van der Waals surface area contributed by atoms with E-state index in [0.717, 1.165) is 6.07 Å². The topological polar surface area (TPSA) is 46.5 Å². The average molecular weight is 570 g/mol. The van der Waals surface area contributed by atoms with E-state index in [1.54, 1.807) is 30.3 Å². The highest BCUT2D eigenvalue weighted by atomic mass is 35.5. The number of rotatable bonds is 7. The van der Waals surface area contributed by atoms with E-state index in [1.165, 1.54) is 18.5 Å². The fourth-order valence-corrected chi connectivity index (χ4v) is 3.83. The standard InChI is InChI=1S/C22H13Cl5F3N3O/c23-14-4-5-20(18(26)7-14)31-8-12(21-19(27)6-13(10-32-21)22(28,29)30)9-33-34-11-15-16(24)2-1-3-17(15)25/h1-10,33H,11H2. The third kappa shape index (κ3) is 7.01. The number of allylic oxidation sites excluding steroid dienone is 1. The third-order valence-electron chi connectivity index (χ3n) is 4.27. The zero-order valence-electron chi connectivity index (χ0n) is 16.8. The van der Waals surface area contributed by atoms with Gasteiger partial charge in [0.1, 0.15) is 6.61 Å². The van der Waals surface area contributed by atoms with Gasteiger partial charge in [0.15, 0.2) is 0 Å². The first-order valence-corrected chi connectivity index (χ1v) is 11.2. The van der Waals surface area contributed by atoms with E-state index in [4.69, 9.17) is 62.8 Å². The van der Waals surface area contributed by atoms with E-state index in [2.05, 4.69) is 15.5 Å². The van der Waals surface area contributed by atoms with Crippen LogP contribution in [0.1, 0.15) is 16.8 Å². The van der Waals surface area contributed by atoms with Gasteiger partial charge >= 0.3 is 6.18 Å². The summed E-state index contributed by atoms with van der Waals surface area (Å²) >= 11 is 30.4. The smallest absolute Gasteiger partial charge is 0.273 e. The maximum atomic E-state index is 13.0. The van der Waals surface area contributed by atoms with Gasteiger partial charge in [-0.25, -0.2) is 0 Å². The van der Waals surface area contributed by atoms with Crippen molar-refractivity contribution in [1.82, 2.24) is 10.5 Å². The number of halogens is 8. The molecule has 1 heterocycles. The van der Waals surface area contributed by atoms with Crippen molar-refractivity contribution in [3.05, 3.63) is 96.8 Å². The number of hydrogen-bond acceptors (Lipinski definition) is 4. The van der Waals surface area contributed by atoms with E-state index in [-0.39, 0.29) is 27.9 Å². The SMILES string of the molecule is FC(F)(F)c1cnc(C(C=Nc2ccc(Cl)cc2Cl)=CNOCc2c(Cl)cccc2Cl)c(Cl)c1. The van der Waals surface area contributed by atoms with Crippen LogP contribution < -0.4 is 5.48 Å². The molecule has 0 bridgehead atoms. The molecule has 0 unspecified atom stereocenters. The molecule has 0 fully saturated rings. The summed E-state index contributed by atoms with van der Waals surface area (Å²) in [5.41, 5.74) is 2.72. The molecule has 1 N–H and O–H groups in total. The first-order chi connectivity index (χ1) is 16.1. The Morgan fingerprint density at radius 2 is 1.68 bits per heavy atom. The molecule has 0 spiro atoms. The van der Waals surface area contributed by atoms with Crippen LogP contribution in [-0.4, -0.2) is 11.2 Å². The lowest BCUT2D eigenvalue weighted by atomic mass is 10.1. The van der Waals surface area contributed by atoms with Crippen molar-refractivity contribution in [2.45, 2.75) is 12.8 Å². The molecule has 3 aromatic rings. The molecule has 0 aliphatic heterocycles. The molecule has 178 valence electrons. The van der Waals surface area contributed by atoms with Gasteiger partial charge < -0.3 is 0 Å². The van der Waals surface area contributed by atoms with Gasteiger partial charge in [-0.1, -0.05) is 64.1 Å². The fraction of sp³-hybridized carbons (Fsp3) is 0.0909. The molecule has 3 rings (SSSR count). The number of alkyl halides is 3. The predicted octanol–water partition coefficient (Wildman–Crippen LogP) is 8.83. The van der Waals surface area contributed by atoms with Crippen LogP contribution in [0.2, 0.25) is 25.1 Å². The van der Waals surface area contributed by atoms with Crippen molar-refractivity contribution in [3.63, 3.8) is 0 Å². The minimum Gasteiger partial charge on any atom is -0.273 e. The first-order valence-electron chi connectivity index (χ1n) is 9.29. The Bertz CT molecular complexity index is 1230. The average Bonchev–Trinajstić information content (AvgIpc) is 2.75. The second-order valence-corrected chi connectivity index (χ2v) is 8.68. The molecular weight excluding hydrogens is 557 g/mol. The van der Waals surface area contributed by atoms with Gasteiger partial charge in [0.05, 0.1) is 27.0 Å². The van der Waals surface area contributed by atoms with Crippen molar-refractivity contribution < 1.29 is 18.0 Å². The zero-order valence-corrected chi connectivity index (χ0v) is 20.6. The molecule has 0 atom stereocenters. The van der Waals surface area contributed by atoms with Crippen LogP contribution in [0.3, 0.4) is 0 Å². The maximum Gasteiger partial charge on any atom is 0.417 e. The predicted molar refractivity (Wildman–Crippen MR) is 131 cm³/mol. The van der Waals surface area contributed by atoms with Gasteiger partial charge in [-0.15, -0.1) is 0 Å². The summed E-state index contributed by atoms with van der Waals surface area (Å²) < 4.78 is 39.0. The summed E-state index contributed by atoms with van der Waals surface area (Å²) in [7, 11) is 0. The molecule has 0 saturated carbocycles. The molecule has 0 amide bonds. The minimum absolute atomic E-state index is 0.00336. The number of hydroxylamine groups is 1. The Morgan fingerprint density at radius 3 is 2.29 bits per heavy atom. The summed E-state index contributed by atoms with van der Waals surface area (Å²) in [6.45, 7) is -0.00336. The first kappa shape index (κ1) is 26.6. The van der Waals surface area contributed by atoms with Crippen LogP contribution in [0.15, 0.2) is 59.9 Å². The number of nitrogens with one attached hydrogen (secondary N) is 1. The third-order valence-corrected chi connectivity index (χ3v) is 5.80. The Kier molecular flexibility index (Phi) is 9.09. The van der Waals surface area contributed by atoms with E-state index >= 15 is 0 Å². The van der Waals surface area contributed by atoms with E-state index in [9.17, 15) is 13.2 Å². The molecule has 1 aromatic heterocycles. The molecular formula is C22H13Cl5F3N3O. The summed E-state index contributed by atoms with van der Waals surface area (Å²) in [6.07, 6.45) is -1.29. The molecule has 0 saturated heterocycles. The molecule has 2 aromatic carbocycles. The molecule has 0 aliphatic carbocycles. The van der Waals surface area contributed by atoms with Crippen molar-refractivity contribution >= 4 is 75.5 Å². The van der Waals surface area contributed by atoms with Crippen molar-refractivity contribution in [1.29, 1.82) is 0 Å². The van der Waals surface area contributed by atoms with Crippen molar-refractivity contribution in [2.24, 2.45) is 4.99 Å². The number of aromatic nitrogens is 1. The number of hydrogen-bond donors (Lipinski definition) is 1. The second kappa shape index (κ2) is 11.6. The zero-order chi connectivity index (χ0) is 24.9. The largest absolute Gasteiger partial charge is 0.417 e. The normalized spacial score (nSPS) is 12.4. The summed E-state index contributed by atoms with van der Waals surface area (Å²) in [5, 5.41) is 1.26. The molecule has 4 nitrogen and oxygen atoms in total. The Labute approximate surface area is 217 Å². The van der Waals surface area contributed by atoms with Crippen LogP contribution in [0.5, 0.6) is 0 Å². The Morgan fingerprint density at radius 1 is 0.971 bits per heavy atom. The Balaban J connectivity index is 1.89. The monoisotopic (exact) mass is 567 g/mol. The van der Waals surface area contributed by atoms with Gasteiger partial charge in [0, 0.05) is 44.8 Å². The number of benzene rings is 2. The molecule has 0 radical (unpaired) electrons. The molecule has 12 heteroatoms. The number of nitrogens with zero attached hydrogens (tertiary/aromatic N) is 2. The highest BCUT2D eigenvalue weighted by molar-refractivity contribution is 6.37. The summed E-state index contributed by atoms with van der Waals surface area (Å²) in [5.74, 6) is 0. The lowest BCUT2D eigenvalue weighted by Gasteiger charge is -2.11. The van der Waals surface area contributed by atoms with Crippen LogP contribution in [0.25, 0.3) is 5.57 Å². The van der Waals surface area contributed by atoms with Gasteiger partial charge in [-0.3, -0.25) is 20.3 Å². The van der Waals surface area contributed by atoms with E-state index in [0.29, 0.717) is 32.5 Å². The van der Waals surface area contributed by atoms with Gasteiger partial charge in [0.25, 0.3) is 0 Å². The quantitative estimate of drug-likeness (QED) is 0.176.